The van der Waals surface area contributed by atoms with Crippen molar-refractivity contribution in [2.45, 2.75) is 6.92 Å². The highest BCUT2D eigenvalue weighted by Crippen LogP contribution is 2.17. The number of rotatable bonds is 3. The lowest BCUT2D eigenvalue weighted by molar-refractivity contribution is -0.120. The molecule has 0 radical (unpaired) electrons. The first-order valence-corrected chi connectivity index (χ1v) is 6.35. The van der Waals surface area contributed by atoms with E-state index in [9.17, 15) is 13.2 Å². The average molecular weight is 254 g/mol. The molecule has 0 atom stereocenters. The summed E-state index contributed by atoms with van der Waals surface area (Å²) in [4.78, 5) is 11.2. The minimum Gasteiger partial charge on any atom is -0.272 e. The van der Waals surface area contributed by atoms with Gasteiger partial charge in [-0.3, -0.25) is 4.79 Å². The monoisotopic (exact) mass is 254 g/mol. The fraction of sp³-hybridized carbons (Fsp3) is 0.200. The zero-order valence-electron chi connectivity index (χ0n) is 9.25. The number of anilines is 1. The number of hydrogen-bond donors (Lipinski definition) is 0. The second-order valence-corrected chi connectivity index (χ2v) is 4.81. The molecule has 0 heterocycles. The van der Waals surface area contributed by atoms with E-state index >= 15 is 0 Å². The van der Waals surface area contributed by atoms with Crippen LogP contribution in [-0.4, -0.2) is 20.6 Å². The molecule has 1 rings (SSSR count). The maximum absolute atomic E-state index is 11.2. The molecule has 0 aliphatic heterocycles. The highest BCUT2D eigenvalue weighted by atomic mass is 32.2. The van der Waals surface area contributed by atoms with Crippen LogP contribution >= 0.6 is 0 Å². The number of amides is 1. The van der Waals surface area contributed by atoms with E-state index in [2.05, 4.69) is 4.28 Å². The molecule has 0 spiro atoms. The van der Waals surface area contributed by atoms with Gasteiger partial charge in [0.05, 0.1) is 23.6 Å². The molecule has 0 saturated carbocycles. The molecule has 0 aliphatic rings. The Morgan fingerprint density at radius 1 is 1.35 bits per heavy atom. The largest absolute Gasteiger partial charge is 0.285 e. The smallest absolute Gasteiger partial charge is 0.272 e. The third-order valence-corrected chi connectivity index (χ3v) is 2.15. The Hall–Kier alpha value is -1.91. The van der Waals surface area contributed by atoms with Gasteiger partial charge in [-0.05, 0) is 24.3 Å². The highest BCUT2D eigenvalue weighted by Gasteiger charge is 2.17. The fourth-order valence-corrected chi connectivity index (χ4v) is 1.55. The van der Waals surface area contributed by atoms with E-state index in [0.29, 0.717) is 10.6 Å². The van der Waals surface area contributed by atoms with Crippen LogP contribution in [0.15, 0.2) is 24.3 Å². The van der Waals surface area contributed by atoms with Crippen LogP contribution in [0.2, 0.25) is 0 Å². The van der Waals surface area contributed by atoms with E-state index in [4.69, 9.17) is 5.26 Å². The Balaban J connectivity index is 3.07. The SMILES string of the molecule is CC(=O)N(OS(C)(=O)=O)c1ccc(C#N)cc1. The lowest BCUT2D eigenvalue weighted by Gasteiger charge is -2.18. The molecule has 1 aromatic rings. The van der Waals surface area contributed by atoms with Crippen molar-refractivity contribution < 1.29 is 17.5 Å². The maximum atomic E-state index is 11.2. The zero-order chi connectivity index (χ0) is 13.1. The van der Waals surface area contributed by atoms with Crippen molar-refractivity contribution in [2.75, 3.05) is 11.3 Å². The van der Waals surface area contributed by atoms with Gasteiger partial charge in [0.1, 0.15) is 0 Å². The van der Waals surface area contributed by atoms with E-state index in [1.165, 1.54) is 31.2 Å². The van der Waals surface area contributed by atoms with Gasteiger partial charge >= 0.3 is 0 Å². The number of carbonyl (C=O) groups excluding carboxylic acids is 1. The van der Waals surface area contributed by atoms with Gasteiger partial charge in [-0.15, -0.1) is 4.28 Å². The third-order valence-electron chi connectivity index (χ3n) is 1.73. The normalized spacial score (nSPS) is 10.6. The van der Waals surface area contributed by atoms with Crippen molar-refractivity contribution in [3.63, 3.8) is 0 Å². The summed E-state index contributed by atoms with van der Waals surface area (Å²) >= 11 is 0. The lowest BCUT2D eigenvalue weighted by atomic mass is 10.2. The fourth-order valence-electron chi connectivity index (χ4n) is 1.08. The maximum Gasteiger partial charge on any atom is 0.285 e. The third kappa shape index (κ3) is 3.86. The Labute approximate surface area is 99.1 Å². The Kier molecular flexibility index (Phi) is 3.83. The number of nitrogens with zero attached hydrogens (tertiary/aromatic N) is 2. The van der Waals surface area contributed by atoms with Crippen molar-refractivity contribution in [2.24, 2.45) is 0 Å². The highest BCUT2D eigenvalue weighted by molar-refractivity contribution is 7.86. The van der Waals surface area contributed by atoms with E-state index < -0.39 is 16.0 Å². The Morgan fingerprint density at radius 3 is 2.24 bits per heavy atom. The molecule has 17 heavy (non-hydrogen) atoms. The lowest BCUT2D eigenvalue weighted by Crippen LogP contribution is -2.31. The molecule has 0 unspecified atom stereocenters. The second-order valence-electron chi connectivity index (χ2n) is 3.25. The molecule has 7 heteroatoms. The molecule has 6 nitrogen and oxygen atoms in total. The summed E-state index contributed by atoms with van der Waals surface area (Å²) in [5, 5.41) is 9.25. The number of benzene rings is 1. The number of nitriles is 1. The van der Waals surface area contributed by atoms with Crippen molar-refractivity contribution in [3.05, 3.63) is 29.8 Å². The van der Waals surface area contributed by atoms with Gasteiger partial charge in [-0.2, -0.15) is 18.7 Å². The predicted molar refractivity (Wildman–Crippen MR) is 60.2 cm³/mol. The molecule has 0 fully saturated rings. The van der Waals surface area contributed by atoms with Crippen LogP contribution in [0.4, 0.5) is 5.69 Å². The van der Waals surface area contributed by atoms with Crippen LogP contribution in [0.25, 0.3) is 0 Å². The molecule has 0 saturated heterocycles. The zero-order valence-corrected chi connectivity index (χ0v) is 10.1. The van der Waals surface area contributed by atoms with E-state index in [0.717, 1.165) is 6.26 Å². The van der Waals surface area contributed by atoms with Gasteiger partial charge in [0, 0.05) is 6.92 Å². The molecule has 0 aliphatic carbocycles. The molecule has 0 bridgehead atoms. The van der Waals surface area contributed by atoms with Crippen LogP contribution in [-0.2, 0) is 19.2 Å². The van der Waals surface area contributed by atoms with E-state index in [1.54, 1.807) is 0 Å². The average Bonchev–Trinajstić information content (AvgIpc) is 2.25. The van der Waals surface area contributed by atoms with Gasteiger partial charge in [0.25, 0.3) is 10.1 Å². The number of hydrogen-bond acceptors (Lipinski definition) is 5. The van der Waals surface area contributed by atoms with Gasteiger partial charge in [-0.25, -0.2) is 0 Å². The number of carbonyl (C=O) groups is 1. The molecule has 0 aromatic heterocycles. The molecule has 1 aromatic carbocycles. The van der Waals surface area contributed by atoms with Crippen molar-refractivity contribution in [1.29, 1.82) is 5.26 Å². The predicted octanol–water partition coefficient (Wildman–Crippen LogP) is 0.802. The van der Waals surface area contributed by atoms with E-state index in [-0.39, 0.29) is 5.69 Å². The van der Waals surface area contributed by atoms with Crippen LogP contribution in [0, 0.1) is 11.3 Å². The Bertz CT molecular complexity index is 557. The van der Waals surface area contributed by atoms with Crippen molar-refractivity contribution >= 4 is 21.7 Å². The van der Waals surface area contributed by atoms with Crippen molar-refractivity contribution in [1.82, 2.24) is 0 Å². The minimum atomic E-state index is -3.79. The van der Waals surface area contributed by atoms with Crippen LogP contribution in [0.5, 0.6) is 0 Å². The quantitative estimate of drug-likeness (QED) is 0.744. The Morgan fingerprint density at radius 2 is 1.88 bits per heavy atom. The number of hydroxylamine groups is 1. The van der Waals surface area contributed by atoms with Gasteiger partial charge in [0.2, 0.25) is 5.91 Å². The summed E-state index contributed by atoms with van der Waals surface area (Å²) < 4.78 is 26.5. The second kappa shape index (κ2) is 4.95. The minimum absolute atomic E-state index is 0.238. The molecule has 0 N–H and O–H groups in total. The molecular weight excluding hydrogens is 244 g/mol. The van der Waals surface area contributed by atoms with Gasteiger partial charge in [-0.1, -0.05) is 0 Å². The summed E-state index contributed by atoms with van der Waals surface area (Å²) in [5.74, 6) is -0.583. The van der Waals surface area contributed by atoms with E-state index in [1.807, 2.05) is 6.07 Å². The molecule has 90 valence electrons. The molecular formula is C10H10N2O4S. The first-order valence-electron chi connectivity index (χ1n) is 4.54. The van der Waals surface area contributed by atoms with Crippen LogP contribution in [0.1, 0.15) is 12.5 Å². The summed E-state index contributed by atoms with van der Waals surface area (Å²) in [7, 11) is -3.79. The van der Waals surface area contributed by atoms with Crippen molar-refractivity contribution in [3.8, 4) is 6.07 Å². The van der Waals surface area contributed by atoms with Crippen LogP contribution < -0.4 is 5.06 Å². The van der Waals surface area contributed by atoms with Crippen LogP contribution in [0.3, 0.4) is 0 Å². The topological polar surface area (TPSA) is 87.5 Å². The summed E-state index contributed by atoms with van der Waals surface area (Å²) in [5.41, 5.74) is 0.638. The molecule has 1 amide bonds. The summed E-state index contributed by atoms with van der Waals surface area (Å²) in [6.45, 7) is 1.17. The van der Waals surface area contributed by atoms with Gasteiger partial charge < -0.3 is 0 Å². The standard InChI is InChI=1S/C10H10N2O4S/c1-8(13)12(16-17(2,14)15)10-5-3-9(7-11)4-6-10/h3-6H,1-2H3. The first-order chi connectivity index (χ1) is 7.83. The first kappa shape index (κ1) is 13.2. The van der Waals surface area contributed by atoms with Gasteiger partial charge in [0.15, 0.2) is 0 Å². The summed E-state index contributed by atoms with van der Waals surface area (Å²) in [6, 6.07) is 7.66. The summed E-state index contributed by atoms with van der Waals surface area (Å²) in [6.07, 6.45) is 0.840.